The quantitative estimate of drug-likeness (QED) is 0.858. The Bertz CT molecular complexity index is 653. The number of nitrogens with one attached hydrogen (secondary N) is 1. The summed E-state index contributed by atoms with van der Waals surface area (Å²) in [6.45, 7) is 11.8. The summed E-state index contributed by atoms with van der Waals surface area (Å²) in [6.07, 6.45) is 4.71. The van der Waals surface area contributed by atoms with Crippen LogP contribution in [0.2, 0.25) is 0 Å². The highest BCUT2D eigenvalue weighted by atomic mass is 15.2. The minimum absolute atomic E-state index is 0.691. The van der Waals surface area contributed by atoms with Gasteiger partial charge in [0.1, 0.15) is 0 Å². The first kappa shape index (κ1) is 16.5. The lowest BCUT2D eigenvalue weighted by Gasteiger charge is -2.26. The first-order chi connectivity index (χ1) is 11.2. The second-order valence-corrected chi connectivity index (χ2v) is 6.79. The molecule has 4 nitrogen and oxygen atoms in total. The van der Waals surface area contributed by atoms with Crippen LogP contribution >= 0.6 is 0 Å². The Morgan fingerprint density at radius 1 is 1.09 bits per heavy atom. The Labute approximate surface area is 139 Å². The standard InChI is InChI=1S/C19H30N4/c1-15-12-18-17(4-3-8-22-10-6-21-7-11-22)14-23(9-5-20)19(18)13-16(15)2/h12-14,21H,3-11,20H2,1-2H3. The maximum atomic E-state index is 5.79. The van der Waals surface area contributed by atoms with E-state index in [1.807, 2.05) is 0 Å². The van der Waals surface area contributed by atoms with E-state index in [0.717, 1.165) is 26.1 Å². The van der Waals surface area contributed by atoms with E-state index in [1.54, 1.807) is 0 Å². The third-order valence-corrected chi connectivity index (χ3v) is 5.08. The number of aryl methyl sites for hydroxylation is 3. The van der Waals surface area contributed by atoms with Gasteiger partial charge >= 0.3 is 0 Å². The largest absolute Gasteiger partial charge is 0.346 e. The van der Waals surface area contributed by atoms with Crippen LogP contribution in [0.1, 0.15) is 23.1 Å². The van der Waals surface area contributed by atoms with Gasteiger partial charge in [0, 0.05) is 56.4 Å². The second kappa shape index (κ2) is 7.47. The molecule has 1 saturated heterocycles. The fourth-order valence-electron chi connectivity index (χ4n) is 3.57. The zero-order chi connectivity index (χ0) is 16.2. The van der Waals surface area contributed by atoms with Crippen molar-refractivity contribution in [1.29, 1.82) is 0 Å². The zero-order valence-electron chi connectivity index (χ0n) is 14.6. The molecule has 1 aliphatic rings. The van der Waals surface area contributed by atoms with Gasteiger partial charge in [-0.3, -0.25) is 0 Å². The minimum atomic E-state index is 0.691. The van der Waals surface area contributed by atoms with E-state index in [-0.39, 0.29) is 0 Å². The van der Waals surface area contributed by atoms with E-state index < -0.39 is 0 Å². The monoisotopic (exact) mass is 314 g/mol. The van der Waals surface area contributed by atoms with Crippen LogP contribution in [0.25, 0.3) is 10.9 Å². The number of nitrogens with zero attached hydrogens (tertiary/aromatic N) is 2. The number of aromatic nitrogens is 1. The molecule has 23 heavy (non-hydrogen) atoms. The molecule has 2 heterocycles. The van der Waals surface area contributed by atoms with Gasteiger partial charge < -0.3 is 20.5 Å². The number of rotatable bonds is 6. The average molecular weight is 314 g/mol. The number of nitrogens with two attached hydrogens (primary N) is 1. The lowest BCUT2D eigenvalue weighted by Crippen LogP contribution is -2.43. The van der Waals surface area contributed by atoms with Gasteiger partial charge in [-0.2, -0.15) is 0 Å². The number of hydrogen-bond acceptors (Lipinski definition) is 3. The molecule has 1 aliphatic heterocycles. The maximum absolute atomic E-state index is 5.79. The van der Waals surface area contributed by atoms with Crippen molar-refractivity contribution in [1.82, 2.24) is 14.8 Å². The van der Waals surface area contributed by atoms with Crippen LogP contribution in [-0.2, 0) is 13.0 Å². The molecular formula is C19H30N4. The Morgan fingerprint density at radius 2 is 1.83 bits per heavy atom. The topological polar surface area (TPSA) is 46.2 Å². The summed E-state index contributed by atoms with van der Waals surface area (Å²) in [6, 6.07) is 4.68. The smallest absolute Gasteiger partial charge is 0.0486 e. The second-order valence-electron chi connectivity index (χ2n) is 6.79. The molecule has 0 saturated carbocycles. The third kappa shape index (κ3) is 3.77. The van der Waals surface area contributed by atoms with Crippen LogP contribution in [0.3, 0.4) is 0 Å². The van der Waals surface area contributed by atoms with E-state index in [4.69, 9.17) is 5.73 Å². The molecule has 0 atom stereocenters. The normalized spacial score (nSPS) is 16.3. The van der Waals surface area contributed by atoms with Crippen LogP contribution < -0.4 is 11.1 Å². The summed E-state index contributed by atoms with van der Waals surface area (Å²) in [4.78, 5) is 2.57. The lowest BCUT2D eigenvalue weighted by molar-refractivity contribution is 0.238. The molecule has 3 N–H and O–H groups in total. The fourth-order valence-corrected chi connectivity index (χ4v) is 3.57. The minimum Gasteiger partial charge on any atom is -0.346 e. The van der Waals surface area contributed by atoms with Crippen molar-refractivity contribution in [3.8, 4) is 0 Å². The van der Waals surface area contributed by atoms with Gasteiger partial charge in [-0.05, 0) is 62.1 Å². The molecule has 1 aromatic carbocycles. The number of fused-ring (bicyclic) bond motifs is 1. The molecule has 4 heteroatoms. The summed E-state index contributed by atoms with van der Waals surface area (Å²) in [5, 5.41) is 4.84. The summed E-state index contributed by atoms with van der Waals surface area (Å²) < 4.78 is 2.34. The SMILES string of the molecule is Cc1cc2c(CCCN3CCNCC3)cn(CCN)c2cc1C. The number of piperazine rings is 1. The molecule has 1 fully saturated rings. The Balaban J connectivity index is 1.75. The van der Waals surface area contributed by atoms with E-state index in [0.29, 0.717) is 6.54 Å². The molecule has 0 aliphatic carbocycles. The van der Waals surface area contributed by atoms with Crippen LogP contribution in [-0.4, -0.2) is 48.7 Å². The average Bonchev–Trinajstić information content (AvgIpc) is 2.87. The third-order valence-electron chi connectivity index (χ3n) is 5.08. The fraction of sp³-hybridized carbons (Fsp3) is 0.579. The van der Waals surface area contributed by atoms with Crippen LogP contribution in [0.15, 0.2) is 18.3 Å². The molecule has 2 aromatic rings. The molecule has 3 rings (SSSR count). The van der Waals surface area contributed by atoms with Crippen molar-refractivity contribution < 1.29 is 0 Å². The van der Waals surface area contributed by atoms with Crippen molar-refractivity contribution >= 4 is 10.9 Å². The molecule has 126 valence electrons. The van der Waals surface area contributed by atoms with Crippen molar-refractivity contribution in [3.05, 3.63) is 35.0 Å². The van der Waals surface area contributed by atoms with Crippen LogP contribution in [0.5, 0.6) is 0 Å². The molecule has 0 unspecified atom stereocenters. The van der Waals surface area contributed by atoms with E-state index >= 15 is 0 Å². The summed E-state index contributed by atoms with van der Waals surface area (Å²) in [5.41, 5.74) is 11.4. The molecular weight excluding hydrogens is 284 g/mol. The molecule has 0 spiro atoms. The highest BCUT2D eigenvalue weighted by molar-refractivity contribution is 5.85. The number of benzene rings is 1. The van der Waals surface area contributed by atoms with Gasteiger partial charge in [-0.25, -0.2) is 0 Å². The Hall–Kier alpha value is -1.36. The van der Waals surface area contributed by atoms with Crippen molar-refractivity contribution in [2.24, 2.45) is 5.73 Å². The predicted octanol–water partition coefficient (Wildman–Crippen LogP) is 2.05. The highest BCUT2D eigenvalue weighted by Crippen LogP contribution is 2.26. The van der Waals surface area contributed by atoms with E-state index in [2.05, 4.69) is 47.0 Å². The Morgan fingerprint density at radius 3 is 2.57 bits per heavy atom. The summed E-state index contributed by atoms with van der Waals surface area (Å²) in [7, 11) is 0. The van der Waals surface area contributed by atoms with Gasteiger partial charge in [0.05, 0.1) is 0 Å². The molecule has 0 bridgehead atoms. The number of hydrogen-bond donors (Lipinski definition) is 2. The van der Waals surface area contributed by atoms with Crippen molar-refractivity contribution in [2.45, 2.75) is 33.2 Å². The Kier molecular flexibility index (Phi) is 5.36. The van der Waals surface area contributed by atoms with Crippen molar-refractivity contribution in [3.63, 3.8) is 0 Å². The first-order valence-corrected chi connectivity index (χ1v) is 8.91. The van der Waals surface area contributed by atoms with Gasteiger partial charge in [-0.1, -0.05) is 0 Å². The van der Waals surface area contributed by atoms with E-state index in [1.165, 1.54) is 53.6 Å². The van der Waals surface area contributed by atoms with Crippen molar-refractivity contribution in [2.75, 3.05) is 39.3 Å². The van der Waals surface area contributed by atoms with Crippen LogP contribution in [0, 0.1) is 13.8 Å². The molecule has 0 amide bonds. The highest BCUT2D eigenvalue weighted by Gasteiger charge is 2.12. The van der Waals surface area contributed by atoms with Crippen LogP contribution in [0.4, 0.5) is 0 Å². The maximum Gasteiger partial charge on any atom is 0.0486 e. The first-order valence-electron chi connectivity index (χ1n) is 8.91. The van der Waals surface area contributed by atoms with Gasteiger partial charge in [-0.15, -0.1) is 0 Å². The van der Waals surface area contributed by atoms with Gasteiger partial charge in [0.25, 0.3) is 0 Å². The molecule has 0 radical (unpaired) electrons. The van der Waals surface area contributed by atoms with Gasteiger partial charge in [0.2, 0.25) is 0 Å². The van der Waals surface area contributed by atoms with Gasteiger partial charge in [0.15, 0.2) is 0 Å². The summed E-state index contributed by atoms with van der Waals surface area (Å²) >= 11 is 0. The summed E-state index contributed by atoms with van der Waals surface area (Å²) in [5.74, 6) is 0. The molecule has 1 aromatic heterocycles. The van der Waals surface area contributed by atoms with E-state index in [9.17, 15) is 0 Å². The zero-order valence-corrected chi connectivity index (χ0v) is 14.6. The predicted molar refractivity (Wildman–Crippen MR) is 98.1 cm³/mol. The lowest BCUT2D eigenvalue weighted by atomic mass is 10.0.